The fourth-order valence-corrected chi connectivity index (χ4v) is 3.08. The summed E-state index contributed by atoms with van der Waals surface area (Å²) in [5, 5.41) is 3.62. The largest absolute Gasteiger partial charge is 0.306 e. The first kappa shape index (κ1) is 11.8. The summed E-state index contributed by atoms with van der Waals surface area (Å²) in [6.45, 7) is 1.06. The third-order valence-corrected chi connectivity index (χ3v) is 4.26. The highest BCUT2D eigenvalue weighted by Crippen LogP contribution is 2.30. The van der Waals surface area contributed by atoms with Crippen molar-refractivity contribution in [3.63, 3.8) is 0 Å². The van der Waals surface area contributed by atoms with Crippen LogP contribution in [0.4, 0.5) is 0 Å². The van der Waals surface area contributed by atoms with E-state index in [4.69, 9.17) is 0 Å². The van der Waals surface area contributed by atoms with Gasteiger partial charge in [-0.25, -0.2) is 0 Å². The van der Waals surface area contributed by atoms with Crippen LogP contribution in [0.2, 0.25) is 0 Å². The predicted molar refractivity (Wildman–Crippen MR) is 78.2 cm³/mol. The third kappa shape index (κ3) is 2.18. The van der Waals surface area contributed by atoms with Crippen LogP contribution in [-0.4, -0.2) is 12.8 Å². The van der Waals surface area contributed by atoms with Gasteiger partial charge in [-0.3, -0.25) is 0 Å². The van der Waals surface area contributed by atoms with E-state index < -0.39 is 0 Å². The second-order valence-corrected chi connectivity index (χ2v) is 5.49. The fourth-order valence-electron chi connectivity index (χ4n) is 2.61. The molecule has 2 aromatic carbocycles. The van der Waals surface area contributed by atoms with Crippen molar-refractivity contribution in [1.29, 1.82) is 0 Å². The minimum absolute atomic E-state index is 0.353. The standard InChI is InChI=1S/C16H17NS/c1-18-14-7-8-15-13(11-14)9-10-17-16(15)12-5-3-2-4-6-12/h2-8,11,16-17H,9-10H2,1H3. The zero-order chi connectivity index (χ0) is 12.4. The van der Waals surface area contributed by atoms with Crippen LogP contribution < -0.4 is 5.32 Å². The lowest BCUT2D eigenvalue weighted by Crippen LogP contribution is -2.30. The third-order valence-electron chi connectivity index (χ3n) is 3.54. The average Bonchev–Trinajstić information content (AvgIpc) is 2.47. The van der Waals surface area contributed by atoms with Crippen molar-refractivity contribution in [3.05, 3.63) is 65.2 Å². The molecule has 2 aromatic rings. The lowest BCUT2D eigenvalue weighted by Gasteiger charge is -2.27. The van der Waals surface area contributed by atoms with Gasteiger partial charge < -0.3 is 5.32 Å². The number of thioether (sulfide) groups is 1. The summed E-state index contributed by atoms with van der Waals surface area (Å²) in [6.07, 6.45) is 3.27. The molecular weight excluding hydrogens is 238 g/mol. The minimum Gasteiger partial charge on any atom is -0.306 e. The van der Waals surface area contributed by atoms with Crippen LogP contribution in [0.25, 0.3) is 0 Å². The van der Waals surface area contributed by atoms with E-state index in [1.165, 1.54) is 21.6 Å². The topological polar surface area (TPSA) is 12.0 Å². The number of nitrogens with one attached hydrogen (secondary N) is 1. The fraction of sp³-hybridized carbons (Fsp3) is 0.250. The Kier molecular flexibility index (Phi) is 3.39. The second kappa shape index (κ2) is 5.17. The molecule has 0 saturated heterocycles. The first-order chi connectivity index (χ1) is 8.88. The molecule has 0 amide bonds. The summed E-state index contributed by atoms with van der Waals surface area (Å²) < 4.78 is 0. The van der Waals surface area contributed by atoms with Gasteiger partial charge in [-0.15, -0.1) is 11.8 Å². The van der Waals surface area contributed by atoms with Crippen molar-refractivity contribution in [3.8, 4) is 0 Å². The number of hydrogen-bond donors (Lipinski definition) is 1. The van der Waals surface area contributed by atoms with Crippen molar-refractivity contribution < 1.29 is 0 Å². The van der Waals surface area contributed by atoms with Crippen LogP contribution in [0.15, 0.2) is 53.4 Å². The highest BCUT2D eigenvalue weighted by Gasteiger charge is 2.20. The van der Waals surface area contributed by atoms with E-state index in [-0.39, 0.29) is 0 Å². The molecule has 0 aliphatic carbocycles. The Morgan fingerprint density at radius 1 is 1.11 bits per heavy atom. The summed E-state index contributed by atoms with van der Waals surface area (Å²) in [4.78, 5) is 1.36. The van der Waals surface area contributed by atoms with Gasteiger partial charge >= 0.3 is 0 Å². The Balaban J connectivity index is 2.02. The molecule has 0 bridgehead atoms. The van der Waals surface area contributed by atoms with E-state index in [0.717, 1.165) is 13.0 Å². The molecule has 18 heavy (non-hydrogen) atoms. The van der Waals surface area contributed by atoms with Crippen LogP contribution in [0.3, 0.4) is 0 Å². The molecule has 1 nitrogen and oxygen atoms in total. The molecule has 1 N–H and O–H groups in total. The molecule has 1 atom stereocenters. The van der Waals surface area contributed by atoms with E-state index in [0.29, 0.717) is 6.04 Å². The highest BCUT2D eigenvalue weighted by atomic mass is 32.2. The van der Waals surface area contributed by atoms with E-state index in [2.05, 4.69) is 60.1 Å². The number of benzene rings is 2. The molecule has 0 spiro atoms. The van der Waals surface area contributed by atoms with Gasteiger partial charge in [0.05, 0.1) is 6.04 Å². The lowest BCUT2D eigenvalue weighted by atomic mass is 9.90. The zero-order valence-corrected chi connectivity index (χ0v) is 11.3. The molecule has 92 valence electrons. The Hall–Kier alpha value is -1.25. The lowest BCUT2D eigenvalue weighted by molar-refractivity contribution is 0.567. The quantitative estimate of drug-likeness (QED) is 0.822. The van der Waals surface area contributed by atoms with Crippen LogP contribution in [0, 0.1) is 0 Å². The first-order valence-corrected chi connectivity index (χ1v) is 7.56. The van der Waals surface area contributed by atoms with Gasteiger partial charge in [0.15, 0.2) is 0 Å². The summed E-state index contributed by atoms with van der Waals surface area (Å²) in [7, 11) is 0. The van der Waals surface area contributed by atoms with Crippen molar-refractivity contribution >= 4 is 11.8 Å². The predicted octanol–water partition coefficient (Wildman–Crippen LogP) is 3.64. The van der Waals surface area contributed by atoms with Gasteiger partial charge in [-0.05, 0) is 41.5 Å². The van der Waals surface area contributed by atoms with E-state index >= 15 is 0 Å². The number of hydrogen-bond acceptors (Lipinski definition) is 2. The zero-order valence-electron chi connectivity index (χ0n) is 10.5. The molecule has 0 radical (unpaired) electrons. The van der Waals surface area contributed by atoms with Crippen molar-refractivity contribution in [2.45, 2.75) is 17.4 Å². The van der Waals surface area contributed by atoms with Gasteiger partial charge in [0.25, 0.3) is 0 Å². The van der Waals surface area contributed by atoms with Gasteiger partial charge in [-0.1, -0.05) is 36.4 Å². The van der Waals surface area contributed by atoms with Crippen molar-refractivity contribution in [2.24, 2.45) is 0 Å². The smallest absolute Gasteiger partial charge is 0.0579 e. The Morgan fingerprint density at radius 2 is 1.94 bits per heavy atom. The van der Waals surface area contributed by atoms with Crippen LogP contribution in [-0.2, 0) is 6.42 Å². The van der Waals surface area contributed by atoms with Crippen molar-refractivity contribution in [2.75, 3.05) is 12.8 Å². The Bertz CT molecular complexity index is 536. The second-order valence-electron chi connectivity index (χ2n) is 4.61. The average molecular weight is 255 g/mol. The Morgan fingerprint density at radius 3 is 2.72 bits per heavy atom. The first-order valence-electron chi connectivity index (χ1n) is 6.33. The molecule has 1 unspecified atom stereocenters. The van der Waals surface area contributed by atoms with Crippen LogP contribution in [0.1, 0.15) is 22.7 Å². The maximum absolute atomic E-state index is 3.62. The molecular formula is C16H17NS. The Labute approximate surface area is 113 Å². The molecule has 1 aliphatic rings. The number of rotatable bonds is 2. The molecule has 3 rings (SSSR count). The summed E-state index contributed by atoms with van der Waals surface area (Å²) >= 11 is 1.82. The molecule has 0 fully saturated rings. The van der Waals surface area contributed by atoms with Gasteiger partial charge in [0.2, 0.25) is 0 Å². The summed E-state index contributed by atoms with van der Waals surface area (Å²) in [6, 6.07) is 17.9. The molecule has 0 saturated carbocycles. The van der Waals surface area contributed by atoms with Crippen molar-refractivity contribution in [1.82, 2.24) is 5.32 Å². The van der Waals surface area contributed by atoms with E-state index in [1.807, 2.05) is 11.8 Å². The highest BCUT2D eigenvalue weighted by molar-refractivity contribution is 7.98. The maximum atomic E-state index is 3.62. The molecule has 1 aliphatic heterocycles. The summed E-state index contributed by atoms with van der Waals surface area (Å²) in [5.74, 6) is 0. The van der Waals surface area contributed by atoms with Gasteiger partial charge in [0, 0.05) is 11.4 Å². The van der Waals surface area contributed by atoms with Crippen LogP contribution >= 0.6 is 11.8 Å². The monoisotopic (exact) mass is 255 g/mol. The van der Waals surface area contributed by atoms with Gasteiger partial charge in [-0.2, -0.15) is 0 Å². The van der Waals surface area contributed by atoms with Gasteiger partial charge in [0.1, 0.15) is 0 Å². The summed E-state index contributed by atoms with van der Waals surface area (Å²) in [5.41, 5.74) is 4.29. The van der Waals surface area contributed by atoms with E-state index in [1.54, 1.807) is 0 Å². The molecule has 0 aromatic heterocycles. The normalized spacial score (nSPS) is 18.4. The maximum Gasteiger partial charge on any atom is 0.0579 e. The SMILES string of the molecule is CSc1ccc2c(c1)CCNC2c1ccccc1. The van der Waals surface area contributed by atoms with E-state index in [9.17, 15) is 0 Å². The molecule has 1 heterocycles. The van der Waals surface area contributed by atoms with Crippen LogP contribution in [0.5, 0.6) is 0 Å². The minimum atomic E-state index is 0.353. The molecule has 2 heteroatoms. The number of fused-ring (bicyclic) bond motifs is 1.